The normalized spacial score (nSPS) is 16.9. The predicted molar refractivity (Wildman–Crippen MR) is 116 cm³/mol. The van der Waals surface area contributed by atoms with E-state index < -0.39 is 6.04 Å². The van der Waals surface area contributed by atoms with Gasteiger partial charge in [-0.2, -0.15) is 11.8 Å². The predicted octanol–water partition coefficient (Wildman–Crippen LogP) is 2.65. The molecule has 0 aromatic heterocycles. The molecule has 1 heterocycles. The van der Waals surface area contributed by atoms with Crippen molar-refractivity contribution in [2.75, 3.05) is 31.6 Å². The lowest BCUT2D eigenvalue weighted by atomic mass is 10.1. The summed E-state index contributed by atoms with van der Waals surface area (Å²) in [7, 11) is 0. The molecule has 0 saturated carbocycles. The van der Waals surface area contributed by atoms with Crippen LogP contribution in [0.3, 0.4) is 0 Å². The zero-order chi connectivity index (χ0) is 20.5. The summed E-state index contributed by atoms with van der Waals surface area (Å²) < 4.78 is 5.91. The number of carbonyl (C=O) groups is 2. The highest BCUT2D eigenvalue weighted by atomic mass is 32.2. The summed E-state index contributed by atoms with van der Waals surface area (Å²) in [6.45, 7) is 2.50. The molecule has 0 bridgehead atoms. The van der Waals surface area contributed by atoms with Crippen molar-refractivity contribution in [3.63, 3.8) is 0 Å². The van der Waals surface area contributed by atoms with Gasteiger partial charge in [-0.05, 0) is 36.1 Å². The molecule has 7 heteroatoms. The zero-order valence-corrected chi connectivity index (χ0v) is 17.4. The third kappa shape index (κ3) is 6.51. The lowest BCUT2D eigenvalue weighted by Gasteiger charge is -2.34. The van der Waals surface area contributed by atoms with Crippen LogP contribution in [0, 0.1) is 0 Å². The number of thioether (sulfide) groups is 1. The lowest BCUT2D eigenvalue weighted by Crippen LogP contribution is -2.56. The number of para-hydroxylation sites is 1. The molecule has 1 fully saturated rings. The Bertz CT molecular complexity index is 816. The molecule has 1 aliphatic heterocycles. The van der Waals surface area contributed by atoms with Gasteiger partial charge in [0.1, 0.15) is 11.5 Å². The first-order valence-corrected chi connectivity index (χ1v) is 11.1. The average molecular weight is 414 g/mol. The molecular weight excluding hydrogens is 386 g/mol. The van der Waals surface area contributed by atoms with Crippen molar-refractivity contribution in [3.8, 4) is 11.5 Å². The van der Waals surface area contributed by atoms with E-state index in [2.05, 4.69) is 15.5 Å². The molecule has 2 aromatic rings. The largest absolute Gasteiger partial charge is 0.457 e. The second-order valence-electron chi connectivity index (χ2n) is 6.89. The van der Waals surface area contributed by atoms with E-state index in [0.29, 0.717) is 26.2 Å². The molecule has 6 nitrogen and oxygen atoms in total. The summed E-state index contributed by atoms with van der Waals surface area (Å²) >= 11 is 1.68. The van der Waals surface area contributed by atoms with Crippen molar-refractivity contribution in [3.05, 3.63) is 60.2 Å². The summed E-state index contributed by atoms with van der Waals surface area (Å²) in [5.41, 5.74) is 1.04. The highest BCUT2D eigenvalue weighted by Crippen LogP contribution is 2.23. The maximum absolute atomic E-state index is 12.4. The third-order valence-electron chi connectivity index (χ3n) is 4.71. The Balaban J connectivity index is 1.64. The van der Waals surface area contributed by atoms with Gasteiger partial charge in [0.05, 0.1) is 12.5 Å². The van der Waals surface area contributed by atoms with Crippen LogP contribution in [-0.4, -0.2) is 54.4 Å². The molecule has 1 atom stereocenters. The molecule has 2 aromatic carbocycles. The Morgan fingerprint density at radius 1 is 1.21 bits per heavy atom. The van der Waals surface area contributed by atoms with Crippen LogP contribution in [0.5, 0.6) is 11.5 Å². The second-order valence-corrected chi connectivity index (χ2v) is 7.87. The molecule has 0 radical (unpaired) electrons. The van der Waals surface area contributed by atoms with Crippen molar-refractivity contribution in [2.45, 2.75) is 19.0 Å². The molecule has 1 saturated heterocycles. The minimum atomic E-state index is -0.461. The van der Waals surface area contributed by atoms with Crippen molar-refractivity contribution in [1.29, 1.82) is 0 Å². The van der Waals surface area contributed by atoms with Gasteiger partial charge in [-0.25, -0.2) is 0 Å². The number of rotatable bonds is 9. The van der Waals surface area contributed by atoms with Crippen LogP contribution in [0.15, 0.2) is 54.6 Å². The van der Waals surface area contributed by atoms with Crippen LogP contribution >= 0.6 is 11.8 Å². The van der Waals surface area contributed by atoms with Crippen LogP contribution in [0.25, 0.3) is 0 Å². The van der Waals surface area contributed by atoms with E-state index >= 15 is 0 Å². The second kappa shape index (κ2) is 10.9. The summed E-state index contributed by atoms with van der Waals surface area (Å²) in [6, 6.07) is 17.0. The van der Waals surface area contributed by atoms with Crippen molar-refractivity contribution in [2.24, 2.45) is 0 Å². The number of hydrogen-bond acceptors (Lipinski definition) is 5. The first kappa shape index (κ1) is 21.2. The summed E-state index contributed by atoms with van der Waals surface area (Å²) in [5, 5.41) is 5.76. The Morgan fingerprint density at radius 3 is 2.79 bits per heavy atom. The SMILES string of the molecule is CSCCNC(=O)CC1C(=O)NCCN1Cc1cccc(Oc2ccccc2)c1. The Morgan fingerprint density at radius 2 is 2.00 bits per heavy atom. The monoisotopic (exact) mass is 413 g/mol. The smallest absolute Gasteiger partial charge is 0.237 e. The minimum Gasteiger partial charge on any atom is -0.457 e. The number of hydrogen-bond donors (Lipinski definition) is 2. The highest BCUT2D eigenvalue weighted by molar-refractivity contribution is 7.98. The van der Waals surface area contributed by atoms with Gasteiger partial charge in [0, 0.05) is 31.9 Å². The molecule has 29 heavy (non-hydrogen) atoms. The molecule has 1 aliphatic rings. The number of amides is 2. The van der Waals surface area contributed by atoms with Crippen LogP contribution in [0.1, 0.15) is 12.0 Å². The topological polar surface area (TPSA) is 70.7 Å². The first-order chi connectivity index (χ1) is 14.2. The number of nitrogens with zero attached hydrogens (tertiary/aromatic N) is 1. The molecule has 2 amide bonds. The fourth-order valence-electron chi connectivity index (χ4n) is 3.28. The van der Waals surface area contributed by atoms with Gasteiger partial charge in [-0.15, -0.1) is 0 Å². The van der Waals surface area contributed by atoms with Crippen LogP contribution in [0.2, 0.25) is 0 Å². The fraction of sp³-hybridized carbons (Fsp3) is 0.364. The van der Waals surface area contributed by atoms with Gasteiger partial charge in [0.15, 0.2) is 0 Å². The zero-order valence-electron chi connectivity index (χ0n) is 16.6. The summed E-state index contributed by atoms with van der Waals surface area (Å²) in [6.07, 6.45) is 2.17. The van der Waals surface area contributed by atoms with E-state index in [-0.39, 0.29) is 18.2 Å². The number of benzene rings is 2. The van der Waals surface area contributed by atoms with E-state index in [1.807, 2.05) is 60.9 Å². The molecule has 1 unspecified atom stereocenters. The summed E-state index contributed by atoms with van der Waals surface area (Å²) in [5.74, 6) is 2.21. The maximum atomic E-state index is 12.4. The molecule has 0 spiro atoms. The average Bonchev–Trinajstić information content (AvgIpc) is 2.72. The van der Waals surface area contributed by atoms with Crippen LogP contribution < -0.4 is 15.4 Å². The Kier molecular flexibility index (Phi) is 7.95. The quantitative estimate of drug-likeness (QED) is 0.619. The van der Waals surface area contributed by atoms with Crippen LogP contribution in [-0.2, 0) is 16.1 Å². The van der Waals surface area contributed by atoms with E-state index in [4.69, 9.17) is 4.74 Å². The van der Waals surface area contributed by atoms with E-state index in [1.165, 1.54) is 0 Å². The Hall–Kier alpha value is -2.51. The lowest BCUT2D eigenvalue weighted by molar-refractivity contribution is -0.134. The molecular formula is C22H27N3O3S. The Labute approximate surface area is 176 Å². The molecule has 154 valence electrons. The van der Waals surface area contributed by atoms with Gasteiger partial charge in [-0.3, -0.25) is 14.5 Å². The number of ether oxygens (including phenoxy) is 1. The number of nitrogens with one attached hydrogen (secondary N) is 2. The molecule has 3 rings (SSSR count). The first-order valence-electron chi connectivity index (χ1n) is 9.75. The highest BCUT2D eigenvalue weighted by Gasteiger charge is 2.31. The third-order valence-corrected chi connectivity index (χ3v) is 5.32. The number of carbonyl (C=O) groups excluding carboxylic acids is 2. The van der Waals surface area contributed by atoms with Gasteiger partial charge < -0.3 is 15.4 Å². The number of piperazine rings is 1. The van der Waals surface area contributed by atoms with Crippen molar-refractivity contribution in [1.82, 2.24) is 15.5 Å². The van der Waals surface area contributed by atoms with Crippen LogP contribution in [0.4, 0.5) is 0 Å². The minimum absolute atomic E-state index is 0.0899. The van der Waals surface area contributed by atoms with Gasteiger partial charge in [-0.1, -0.05) is 30.3 Å². The van der Waals surface area contributed by atoms with E-state index in [9.17, 15) is 9.59 Å². The fourth-order valence-corrected chi connectivity index (χ4v) is 3.59. The van der Waals surface area contributed by atoms with Crippen molar-refractivity contribution >= 4 is 23.6 Å². The van der Waals surface area contributed by atoms with E-state index in [1.54, 1.807) is 11.8 Å². The molecule has 2 N–H and O–H groups in total. The standard InChI is InChI=1S/C22H27N3O3S/c1-29-13-11-23-21(26)15-20-22(27)24-10-12-25(20)16-17-6-5-9-19(14-17)28-18-7-3-2-4-8-18/h2-9,14,20H,10-13,15-16H2,1H3,(H,23,26)(H,24,27). The van der Waals surface area contributed by atoms with E-state index in [0.717, 1.165) is 22.8 Å². The van der Waals surface area contributed by atoms with Gasteiger partial charge in [0.2, 0.25) is 11.8 Å². The van der Waals surface area contributed by atoms with Crippen molar-refractivity contribution < 1.29 is 14.3 Å². The van der Waals surface area contributed by atoms with Gasteiger partial charge >= 0.3 is 0 Å². The molecule has 0 aliphatic carbocycles. The summed E-state index contributed by atoms with van der Waals surface area (Å²) in [4.78, 5) is 26.7. The van der Waals surface area contributed by atoms with Gasteiger partial charge in [0.25, 0.3) is 0 Å². The maximum Gasteiger partial charge on any atom is 0.237 e.